The van der Waals surface area contributed by atoms with Crippen molar-refractivity contribution in [1.29, 1.82) is 0 Å². The Morgan fingerprint density at radius 3 is 2.68 bits per heavy atom. The monoisotopic (exact) mass is 265 g/mol. The van der Waals surface area contributed by atoms with Crippen LogP contribution in [0.5, 0.6) is 5.75 Å². The summed E-state index contributed by atoms with van der Waals surface area (Å²) in [7, 11) is 0. The minimum Gasteiger partial charge on any atom is -0.494 e. The molecule has 5 heteroatoms. The van der Waals surface area contributed by atoms with Crippen molar-refractivity contribution in [2.24, 2.45) is 0 Å². The molecule has 1 amide bonds. The summed E-state index contributed by atoms with van der Waals surface area (Å²) in [5, 5.41) is 2.66. The minimum atomic E-state index is -0.314. The van der Waals surface area contributed by atoms with E-state index in [4.69, 9.17) is 9.47 Å². The van der Waals surface area contributed by atoms with Gasteiger partial charge < -0.3 is 14.8 Å². The average Bonchev–Trinajstić information content (AvgIpc) is 2.39. The summed E-state index contributed by atoms with van der Waals surface area (Å²) >= 11 is 0. The fourth-order valence-corrected chi connectivity index (χ4v) is 1.51. The Hall–Kier alpha value is -2.04. The van der Waals surface area contributed by atoms with Gasteiger partial charge in [-0.15, -0.1) is 0 Å². The molecule has 0 fully saturated rings. The lowest BCUT2D eigenvalue weighted by atomic mass is 10.2. The lowest BCUT2D eigenvalue weighted by Crippen LogP contribution is -2.26. The quantitative estimate of drug-likeness (QED) is 0.763. The second kappa shape index (κ2) is 8.13. The van der Waals surface area contributed by atoms with Crippen LogP contribution in [0.3, 0.4) is 0 Å². The third kappa shape index (κ3) is 5.42. The van der Waals surface area contributed by atoms with Gasteiger partial charge in [-0.3, -0.25) is 9.59 Å². The van der Waals surface area contributed by atoms with Crippen LogP contribution in [0.25, 0.3) is 0 Å². The first kappa shape index (κ1) is 15.0. The highest BCUT2D eigenvalue weighted by molar-refractivity contribution is 5.94. The predicted octanol–water partition coefficient (Wildman–Crippen LogP) is 1.77. The van der Waals surface area contributed by atoms with Crippen LogP contribution in [0.2, 0.25) is 0 Å². The first-order valence-electron chi connectivity index (χ1n) is 6.34. The molecule has 0 saturated heterocycles. The molecule has 0 aliphatic heterocycles. The number of ether oxygens (including phenoxy) is 2. The predicted molar refractivity (Wildman–Crippen MR) is 71.2 cm³/mol. The highest BCUT2D eigenvalue weighted by atomic mass is 16.5. The van der Waals surface area contributed by atoms with Crippen LogP contribution in [0, 0.1) is 0 Å². The molecule has 0 aliphatic rings. The van der Waals surface area contributed by atoms with Crippen LogP contribution >= 0.6 is 0 Å². The maximum Gasteiger partial charge on any atom is 0.307 e. The molecule has 1 rings (SSSR count). The molecule has 0 radical (unpaired) electrons. The summed E-state index contributed by atoms with van der Waals surface area (Å²) in [6.07, 6.45) is 0.171. The molecule has 1 N–H and O–H groups in total. The van der Waals surface area contributed by atoms with Gasteiger partial charge in [0.15, 0.2) is 0 Å². The highest BCUT2D eigenvalue weighted by Crippen LogP contribution is 2.13. The van der Waals surface area contributed by atoms with Crippen molar-refractivity contribution in [1.82, 2.24) is 5.32 Å². The topological polar surface area (TPSA) is 64.6 Å². The SMILES string of the molecule is CCOC(=O)CCNC(=O)c1cccc(OCC)c1. The molecule has 0 saturated carbocycles. The van der Waals surface area contributed by atoms with Crippen molar-refractivity contribution in [3.05, 3.63) is 29.8 Å². The summed E-state index contributed by atoms with van der Waals surface area (Å²) in [6.45, 7) is 4.79. The minimum absolute atomic E-state index is 0.171. The number of benzene rings is 1. The van der Waals surface area contributed by atoms with Crippen LogP contribution in [0.15, 0.2) is 24.3 Å². The Balaban J connectivity index is 2.44. The zero-order valence-electron chi connectivity index (χ0n) is 11.3. The molecule has 0 bridgehead atoms. The summed E-state index contributed by atoms with van der Waals surface area (Å²) in [4.78, 5) is 22.9. The summed E-state index contributed by atoms with van der Waals surface area (Å²) in [5.41, 5.74) is 0.509. The number of amides is 1. The Morgan fingerprint density at radius 2 is 2.00 bits per heavy atom. The van der Waals surface area contributed by atoms with Crippen LogP contribution in [0.1, 0.15) is 30.6 Å². The molecule has 1 aromatic carbocycles. The molecule has 0 aliphatic carbocycles. The second-order valence-electron chi connectivity index (χ2n) is 3.77. The van der Waals surface area contributed by atoms with E-state index in [-0.39, 0.29) is 24.8 Å². The van der Waals surface area contributed by atoms with E-state index in [0.717, 1.165) is 0 Å². The molecule has 0 atom stereocenters. The fourth-order valence-electron chi connectivity index (χ4n) is 1.51. The number of carbonyl (C=O) groups is 2. The molecule has 0 aromatic heterocycles. The van der Waals surface area contributed by atoms with E-state index >= 15 is 0 Å². The van der Waals surface area contributed by atoms with Gasteiger partial charge in [0, 0.05) is 12.1 Å². The van der Waals surface area contributed by atoms with E-state index in [1.54, 1.807) is 31.2 Å². The van der Waals surface area contributed by atoms with Crippen molar-refractivity contribution < 1.29 is 19.1 Å². The molecule has 1 aromatic rings. The molecular weight excluding hydrogens is 246 g/mol. The van der Waals surface area contributed by atoms with Gasteiger partial charge in [0.2, 0.25) is 0 Å². The Labute approximate surface area is 112 Å². The number of rotatable bonds is 7. The van der Waals surface area contributed by atoms with Crippen molar-refractivity contribution in [2.45, 2.75) is 20.3 Å². The van der Waals surface area contributed by atoms with Crippen molar-refractivity contribution >= 4 is 11.9 Å². The lowest BCUT2D eigenvalue weighted by Gasteiger charge is -2.07. The molecule has 0 spiro atoms. The molecule has 0 unspecified atom stereocenters. The van der Waals surface area contributed by atoms with Crippen molar-refractivity contribution in [2.75, 3.05) is 19.8 Å². The van der Waals surface area contributed by atoms with Gasteiger partial charge in [-0.1, -0.05) is 6.07 Å². The number of carbonyl (C=O) groups excluding carboxylic acids is 2. The zero-order chi connectivity index (χ0) is 14.1. The Morgan fingerprint density at radius 1 is 1.21 bits per heavy atom. The van der Waals surface area contributed by atoms with Gasteiger partial charge in [0.1, 0.15) is 5.75 Å². The van der Waals surface area contributed by atoms with Gasteiger partial charge in [-0.2, -0.15) is 0 Å². The van der Waals surface area contributed by atoms with E-state index < -0.39 is 0 Å². The smallest absolute Gasteiger partial charge is 0.307 e. The van der Waals surface area contributed by atoms with Crippen LogP contribution in [0.4, 0.5) is 0 Å². The maximum atomic E-state index is 11.8. The number of hydrogen-bond acceptors (Lipinski definition) is 4. The third-order valence-electron chi connectivity index (χ3n) is 2.33. The van der Waals surface area contributed by atoms with E-state index in [9.17, 15) is 9.59 Å². The summed E-state index contributed by atoms with van der Waals surface area (Å²) in [6, 6.07) is 6.91. The van der Waals surface area contributed by atoms with Gasteiger partial charge >= 0.3 is 5.97 Å². The highest BCUT2D eigenvalue weighted by Gasteiger charge is 2.07. The maximum absolute atomic E-state index is 11.8. The number of esters is 1. The standard InChI is InChI=1S/C14H19NO4/c1-3-18-12-7-5-6-11(10-12)14(17)15-9-8-13(16)19-4-2/h5-7,10H,3-4,8-9H2,1-2H3,(H,15,17). The van der Waals surface area contributed by atoms with Gasteiger partial charge in [0.05, 0.1) is 19.6 Å². The largest absolute Gasteiger partial charge is 0.494 e. The second-order valence-corrected chi connectivity index (χ2v) is 3.77. The van der Waals surface area contributed by atoms with E-state index in [0.29, 0.717) is 24.5 Å². The number of hydrogen-bond donors (Lipinski definition) is 1. The van der Waals surface area contributed by atoms with Crippen LogP contribution in [-0.4, -0.2) is 31.6 Å². The average molecular weight is 265 g/mol. The Bertz CT molecular complexity index is 431. The van der Waals surface area contributed by atoms with E-state index in [1.165, 1.54) is 0 Å². The zero-order valence-corrected chi connectivity index (χ0v) is 11.3. The van der Waals surface area contributed by atoms with E-state index in [2.05, 4.69) is 5.32 Å². The first-order chi connectivity index (χ1) is 9.17. The van der Waals surface area contributed by atoms with Crippen molar-refractivity contribution in [3.8, 4) is 5.75 Å². The fraction of sp³-hybridized carbons (Fsp3) is 0.429. The summed E-state index contributed by atoms with van der Waals surface area (Å²) in [5.74, 6) is 0.109. The first-order valence-corrected chi connectivity index (χ1v) is 6.34. The number of nitrogens with one attached hydrogen (secondary N) is 1. The lowest BCUT2D eigenvalue weighted by molar-refractivity contribution is -0.142. The van der Waals surface area contributed by atoms with Crippen LogP contribution < -0.4 is 10.1 Å². The van der Waals surface area contributed by atoms with Gasteiger partial charge in [-0.25, -0.2) is 0 Å². The van der Waals surface area contributed by atoms with Gasteiger partial charge in [-0.05, 0) is 32.0 Å². The molecule has 5 nitrogen and oxygen atoms in total. The molecule has 0 heterocycles. The molecular formula is C14H19NO4. The Kier molecular flexibility index (Phi) is 6.43. The third-order valence-corrected chi connectivity index (χ3v) is 2.33. The normalized spacial score (nSPS) is 9.79. The summed E-state index contributed by atoms with van der Waals surface area (Å²) < 4.78 is 10.1. The van der Waals surface area contributed by atoms with E-state index in [1.807, 2.05) is 6.92 Å². The van der Waals surface area contributed by atoms with Crippen molar-refractivity contribution in [3.63, 3.8) is 0 Å². The molecule has 19 heavy (non-hydrogen) atoms. The van der Waals surface area contributed by atoms with Gasteiger partial charge in [0.25, 0.3) is 5.91 Å². The van der Waals surface area contributed by atoms with Crippen LogP contribution in [-0.2, 0) is 9.53 Å². The molecule has 104 valence electrons.